The third-order valence-corrected chi connectivity index (χ3v) is 2.43. The second-order valence-corrected chi connectivity index (χ2v) is 3.72. The lowest BCUT2D eigenvalue weighted by atomic mass is 10.1. The Kier molecular flexibility index (Phi) is 10.2. The molecule has 14 heavy (non-hydrogen) atoms. The second kappa shape index (κ2) is 10.6. The van der Waals surface area contributed by atoms with Crippen LogP contribution >= 0.6 is 0 Å². The molecule has 2 heteroatoms. The minimum Gasteiger partial charge on any atom is -0.329 e. The van der Waals surface area contributed by atoms with Gasteiger partial charge in [-0.1, -0.05) is 44.9 Å². The molecule has 0 heterocycles. The fraction of sp³-hybridized carbons (Fsp3) is 0.833. The van der Waals surface area contributed by atoms with Gasteiger partial charge >= 0.3 is 0 Å². The lowest BCUT2D eigenvalue weighted by molar-refractivity contribution is 0.479. The molecule has 0 rings (SSSR count). The Morgan fingerprint density at radius 1 is 1.29 bits per heavy atom. The molecule has 0 saturated carbocycles. The van der Waals surface area contributed by atoms with E-state index in [4.69, 9.17) is 12.2 Å². The summed E-state index contributed by atoms with van der Waals surface area (Å²) in [4.78, 5) is 0. The van der Waals surface area contributed by atoms with Gasteiger partial charge < -0.3 is 11.1 Å². The topological polar surface area (TPSA) is 38.0 Å². The molecule has 0 bridgehead atoms. The van der Waals surface area contributed by atoms with Crippen molar-refractivity contribution in [3.05, 3.63) is 0 Å². The Labute approximate surface area is 88.6 Å². The minimum atomic E-state index is 0.410. The SMILES string of the molecule is C#CCNC(CN)CCCCCCC. The van der Waals surface area contributed by atoms with Gasteiger partial charge in [0.1, 0.15) is 0 Å². The largest absolute Gasteiger partial charge is 0.329 e. The quantitative estimate of drug-likeness (QED) is 0.436. The molecule has 1 atom stereocenters. The molecule has 0 saturated heterocycles. The summed E-state index contributed by atoms with van der Waals surface area (Å²) in [7, 11) is 0. The first-order valence-corrected chi connectivity index (χ1v) is 5.72. The van der Waals surface area contributed by atoms with Gasteiger partial charge in [-0.2, -0.15) is 0 Å². The van der Waals surface area contributed by atoms with E-state index in [1.807, 2.05) is 0 Å². The molecule has 0 spiro atoms. The molecule has 0 aliphatic heterocycles. The van der Waals surface area contributed by atoms with Gasteiger partial charge in [-0.05, 0) is 6.42 Å². The number of nitrogens with two attached hydrogens (primary N) is 1. The van der Waals surface area contributed by atoms with E-state index in [0.717, 1.165) is 6.42 Å². The summed E-state index contributed by atoms with van der Waals surface area (Å²) in [5.41, 5.74) is 5.62. The highest BCUT2D eigenvalue weighted by Gasteiger charge is 2.03. The van der Waals surface area contributed by atoms with Crippen molar-refractivity contribution >= 4 is 0 Å². The summed E-state index contributed by atoms with van der Waals surface area (Å²) >= 11 is 0. The fourth-order valence-corrected chi connectivity index (χ4v) is 1.50. The monoisotopic (exact) mass is 196 g/mol. The van der Waals surface area contributed by atoms with Gasteiger partial charge in [-0.25, -0.2) is 0 Å². The Balaban J connectivity index is 3.29. The average molecular weight is 196 g/mol. The van der Waals surface area contributed by atoms with Crippen molar-refractivity contribution in [2.45, 2.75) is 51.5 Å². The predicted octanol–water partition coefficient (Wildman–Crippen LogP) is 1.90. The summed E-state index contributed by atoms with van der Waals surface area (Å²) in [5.74, 6) is 2.58. The summed E-state index contributed by atoms with van der Waals surface area (Å²) in [6, 6.07) is 0.410. The van der Waals surface area contributed by atoms with Crippen LogP contribution in [-0.2, 0) is 0 Å². The van der Waals surface area contributed by atoms with E-state index in [1.54, 1.807) is 0 Å². The molecule has 0 fully saturated rings. The van der Waals surface area contributed by atoms with Gasteiger partial charge in [0.15, 0.2) is 0 Å². The maximum absolute atomic E-state index is 5.62. The number of nitrogens with one attached hydrogen (secondary N) is 1. The molecule has 3 N–H and O–H groups in total. The highest BCUT2D eigenvalue weighted by molar-refractivity contribution is 4.88. The lowest BCUT2D eigenvalue weighted by Crippen LogP contribution is -2.36. The number of terminal acetylenes is 1. The summed E-state index contributed by atoms with van der Waals surface area (Å²) in [6.45, 7) is 3.56. The minimum absolute atomic E-state index is 0.410. The van der Waals surface area contributed by atoms with Crippen molar-refractivity contribution in [2.24, 2.45) is 5.73 Å². The molecule has 0 aromatic heterocycles. The Bertz CT molecular complexity index is 149. The van der Waals surface area contributed by atoms with Gasteiger partial charge in [-0.15, -0.1) is 6.42 Å². The first-order chi connectivity index (χ1) is 6.85. The molecule has 0 radical (unpaired) electrons. The van der Waals surface area contributed by atoms with Gasteiger partial charge in [-0.3, -0.25) is 0 Å². The smallest absolute Gasteiger partial charge is 0.0576 e. The first kappa shape index (κ1) is 13.5. The molecule has 1 unspecified atom stereocenters. The third kappa shape index (κ3) is 8.10. The van der Waals surface area contributed by atoms with Crippen molar-refractivity contribution in [3.63, 3.8) is 0 Å². The zero-order valence-electron chi connectivity index (χ0n) is 9.39. The van der Waals surface area contributed by atoms with Crippen molar-refractivity contribution in [1.29, 1.82) is 0 Å². The number of rotatable bonds is 9. The molecular formula is C12H24N2. The number of unbranched alkanes of at least 4 members (excludes halogenated alkanes) is 4. The van der Waals surface area contributed by atoms with E-state index in [-0.39, 0.29) is 0 Å². The van der Waals surface area contributed by atoms with E-state index in [1.165, 1.54) is 32.1 Å². The highest BCUT2D eigenvalue weighted by Crippen LogP contribution is 2.06. The van der Waals surface area contributed by atoms with E-state index >= 15 is 0 Å². The van der Waals surface area contributed by atoms with Crippen LogP contribution in [0.4, 0.5) is 0 Å². The molecule has 2 nitrogen and oxygen atoms in total. The molecule has 0 aromatic rings. The zero-order valence-corrected chi connectivity index (χ0v) is 9.39. The van der Waals surface area contributed by atoms with Gasteiger partial charge in [0.05, 0.1) is 6.54 Å². The van der Waals surface area contributed by atoms with Crippen molar-refractivity contribution < 1.29 is 0 Å². The highest BCUT2D eigenvalue weighted by atomic mass is 14.9. The average Bonchev–Trinajstić information content (AvgIpc) is 2.22. The van der Waals surface area contributed by atoms with Crippen LogP contribution in [0.15, 0.2) is 0 Å². The van der Waals surface area contributed by atoms with Gasteiger partial charge in [0, 0.05) is 12.6 Å². The maximum atomic E-state index is 5.62. The van der Waals surface area contributed by atoms with Crippen LogP contribution in [0, 0.1) is 12.3 Å². The normalized spacial score (nSPS) is 12.4. The van der Waals surface area contributed by atoms with Gasteiger partial charge in [0.2, 0.25) is 0 Å². The van der Waals surface area contributed by atoms with E-state index < -0.39 is 0 Å². The van der Waals surface area contributed by atoms with Crippen molar-refractivity contribution in [3.8, 4) is 12.3 Å². The molecule has 82 valence electrons. The standard InChI is InChI=1S/C12H24N2/c1-3-5-6-7-8-9-12(11-13)14-10-4-2/h2,12,14H,3,5-11,13H2,1H3. The van der Waals surface area contributed by atoms with Crippen LogP contribution in [-0.4, -0.2) is 19.1 Å². The second-order valence-electron chi connectivity index (χ2n) is 3.72. The Hall–Kier alpha value is -0.520. The Morgan fingerprint density at radius 3 is 2.57 bits per heavy atom. The summed E-state index contributed by atoms with van der Waals surface area (Å²) < 4.78 is 0. The van der Waals surface area contributed by atoms with E-state index in [2.05, 4.69) is 18.2 Å². The third-order valence-electron chi connectivity index (χ3n) is 2.43. The Morgan fingerprint density at radius 2 is 2.00 bits per heavy atom. The van der Waals surface area contributed by atoms with Crippen LogP contribution in [0.2, 0.25) is 0 Å². The number of hydrogen-bond donors (Lipinski definition) is 2. The van der Waals surface area contributed by atoms with Crippen LogP contribution in [0.5, 0.6) is 0 Å². The molecule has 0 amide bonds. The maximum Gasteiger partial charge on any atom is 0.0576 e. The van der Waals surface area contributed by atoms with E-state index in [0.29, 0.717) is 19.1 Å². The molecule has 0 aromatic carbocycles. The molecular weight excluding hydrogens is 172 g/mol. The zero-order chi connectivity index (χ0) is 10.6. The van der Waals surface area contributed by atoms with Crippen LogP contribution in [0.25, 0.3) is 0 Å². The summed E-state index contributed by atoms with van der Waals surface area (Å²) in [5, 5.41) is 3.25. The fourth-order valence-electron chi connectivity index (χ4n) is 1.50. The lowest BCUT2D eigenvalue weighted by Gasteiger charge is -2.14. The van der Waals surface area contributed by atoms with E-state index in [9.17, 15) is 0 Å². The number of hydrogen-bond acceptors (Lipinski definition) is 2. The van der Waals surface area contributed by atoms with Crippen LogP contribution < -0.4 is 11.1 Å². The predicted molar refractivity (Wildman–Crippen MR) is 63.1 cm³/mol. The van der Waals surface area contributed by atoms with Crippen LogP contribution in [0.3, 0.4) is 0 Å². The summed E-state index contributed by atoms with van der Waals surface area (Å²) in [6.07, 6.45) is 12.9. The van der Waals surface area contributed by atoms with Crippen molar-refractivity contribution in [2.75, 3.05) is 13.1 Å². The molecule has 0 aliphatic carbocycles. The van der Waals surface area contributed by atoms with Crippen molar-refractivity contribution in [1.82, 2.24) is 5.32 Å². The van der Waals surface area contributed by atoms with Crippen LogP contribution in [0.1, 0.15) is 45.4 Å². The molecule has 0 aliphatic rings. The van der Waals surface area contributed by atoms with Gasteiger partial charge in [0.25, 0.3) is 0 Å². The first-order valence-electron chi connectivity index (χ1n) is 5.72.